The van der Waals surface area contributed by atoms with E-state index in [1.165, 1.54) is 41.4 Å². The van der Waals surface area contributed by atoms with Crippen LogP contribution < -0.4 is 4.74 Å². The van der Waals surface area contributed by atoms with Crippen LogP contribution in [0.1, 0.15) is 38.4 Å². The van der Waals surface area contributed by atoms with Crippen LogP contribution in [0.5, 0.6) is 5.75 Å². The highest BCUT2D eigenvalue weighted by Crippen LogP contribution is 2.25. The van der Waals surface area contributed by atoms with Crippen molar-refractivity contribution < 1.29 is 4.74 Å². The Morgan fingerprint density at radius 2 is 1.68 bits per heavy atom. The standard InChI is InChI=1S/C25H28N2O/c1-2-3-4-17-25-26-22-14-7-8-15-23(22)27(25)18-10-19-28-24-16-9-12-20-11-5-6-13-21(20)24/h5-9,11-16H,2-4,10,17-19H2,1H3. The summed E-state index contributed by atoms with van der Waals surface area (Å²) in [4.78, 5) is 4.88. The fraction of sp³-hybridized carbons (Fsp3) is 0.320. The Hall–Kier alpha value is -2.81. The Labute approximate surface area is 167 Å². The zero-order chi connectivity index (χ0) is 19.2. The van der Waals surface area contributed by atoms with Gasteiger partial charge in [0.2, 0.25) is 0 Å². The number of hydrogen-bond acceptors (Lipinski definition) is 2. The maximum absolute atomic E-state index is 6.13. The predicted molar refractivity (Wildman–Crippen MR) is 117 cm³/mol. The van der Waals surface area contributed by atoms with Crippen molar-refractivity contribution in [2.45, 2.75) is 45.6 Å². The number of fused-ring (bicyclic) bond motifs is 2. The summed E-state index contributed by atoms with van der Waals surface area (Å²) >= 11 is 0. The zero-order valence-electron chi connectivity index (χ0n) is 16.6. The smallest absolute Gasteiger partial charge is 0.127 e. The number of unbranched alkanes of at least 4 members (excludes halogenated alkanes) is 2. The lowest BCUT2D eigenvalue weighted by Gasteiger charge is -2.12. The number of nitrogens with zero attached hydrogens (tertiary/aromatic N) is 2. The van der Waals surface area contributed by atoms with E-state index in [0.29, 0.717) is 6.61 Å². The summed E-state index contributed by atoms with van der Waals surface area (Å²) in [5, 5.41) is 2.40. The quantitative estimate of drug-likeness (QED) is 0.318. The van der Waals surface area contributed by atoms with Gasteiger partial charge in [-0.05, 0) is 36.4 Å². The van der Waals surface area contributed by atoms with Crippen molar-refractivity contribution in [3.05, 3.63) is 72.6 Å². The third-order valence-corrected chi connectivity index (χ3v) is 5.27. The number of ether oxygens (including phenoxy) is 1. The Bertz CT molecular complexity index is 1050. The Balaban J connectivity index is 1.44. The number of benzene rings is 3. The number of aromatic nitrogens is 2. The summed E-state index contributed by atoms with van der Waals surface area (Å²) in [5.41, 5.74) is 2.34. The molecule has 3 nitrogen and oxygen atoms in total. The maximum atomic E-state index is 6.13. The van der Waals surface area contributed by atoms with Crippen molar-refractivity contribution in [1.82, 2.24) is 9.55 Å². The van der Waals surface area contributed by atoms with Crippen molar-refractivity contribution in [2.24, 2.45) is 0 Å². The van der Waals surface area contributed by atoms with Gasteiger partial charge in [0.05, 0.1) is 17.6 Å². The molecule has 0 atom stereocenters. The lowest BCUT2D eigenvalue weighted by Crippen LogP contribution is -2.08. The highest BCUT2D eigenvalue weighted by atomic mass is 16.5. The first-order valence-corrected chi connectivity index (χ1v) is 10.4. The maximum Gasteiger partial charge on any atom is 0.127 e. The molecule has 0 amide bonds. The molecule has 0 radical (unpaired) electrons. The highest BCUT2D eigenvalue weighted by Gasteiger charge is 2.10. The predicted octanol–water partition coefficient (Wildman–Crippen LogP) is 6.39. The van der Waals surface area contributed by atoms with Gasteiger partial charge < -0.3 is 9.30 Å². The molecule has 0 unspecified atom stereocenters. The number of imidazole rings is 1. The van der Waals surface area contributed by atoms with Crippen LogP contribution in [0.15, 0.2) is 66.7 Å². The molecule has 0 saturated carbocycles. The molecule has 0 spiro atoms. The molecule has 0 aliphatic rings. The summed E-state index contributed by atoms with van der Waals surface area (Å²) in [7, 11) is 0. The number of para-hydroxylation sites is 2. The van der Waals surface area contributed by atoms with Crippen LogP contribution in [0.25, 0.3) is 21.8 Å². The SMILES string of the molecule is CCCCCc1nc2ccccc2n1CCCOc1cccc2ccccc12. The van der Waals surface area contributed by atoms with E-state index in [1.54, 1.807) is 0 Å². The van der Waals surface area contributed by atoms with E-state index in [-0.39, 0.29) is 0 Å². The van der Waals surface area contributed by atoms with E-state index in [4.69, 9.17) is 9.72 Å². The van der Waals surface area contributed by atoms with Crippen molar-refractivity contribution in [2.75, 3.05) is 6.61 Å². The van der Waals surface area contributed by atoms with E-state index < -0.39 is 0 Å². The molecule has 0 bridgehead atoms. The van der Waals surface area contributed by atoms with Gasteiger partial charge in [-0.2, -0.15) is 0 Å². The van der Waals surface area contributed by atoms with Gasteiger partial charge in [0.1, 0.15) is 11.6 Å². The van der Waals surface area contributed by atoms with Crippen LogP contribution in [0, 0.1) is 0 Å². The minimum absolute atomic E-state index is 0.703. The lowest BCUT2D eigenvalue weighted by atomic mass is 10.1. The molecule has 28 heavy (non-hydrogen) atoms. The average molecular weight is 373 g/mol. The van der Waals surface area contributed by atoms with E-state index >= 15 is 0 Å². The molecular weight excluding hydrogens is 344 g/mol. The largest absolute Gasteiger partial charge is 0.493 e. The van der Waals surface area contributed by atoms with E-state index in [0.717, 1.165) is 30.7 Å². The average Bonchev–Trinajstić information content (AvgIpc) is 3.09. The second-order valence-corrected chi connectivity index (χ2v) is 7.30. The topological polar surface area (TPSA) is 27.1 Å². The lowest BCUT2D eigenvalue weighted by molar-refractivity contribution is 0.305. The van der Waals surface area contributed by atoms with Gasteiger partial charge in [-0.1, -0.05) is 68.3 Å². The minimum Gasteiger partial charge on any atom is -0.493 e. The van der Waals surface area contributed by atoms with Gasteiger partial charge in [-0.15, -0.1) is 0 Å². The summed E-state index contributed by atoms with van der Waals surface area (Å²) < 4.78 is 8.52. The molecule has 0 aliphatic carbocycles. The third kappa shape index (κ3) is 4.04. The van der Waals surface area contributed by atoms with Crippen LogP contribution in [-0.2, 0) is 13.0 Å². The number of rotatable bonds is 9. The molecule has 3 heteroatoms. The summed E-state index contributed by atoms with van der Waals surface area (Å²) in [5.74, 6) is 2.18. The first-order valence-electron chi connectivity index (χ1n) is 10.4. The number of hydrogen-bond donors (Lipinski definition) is 0. The molecule has 0 saturated heterocycles. The fourth-order valence-electron chi connectivity index (χ4n) is 3.83. The number of aryl methyl sites for hydroxylation is 2. The normalized spacial score (nSPS) is 11.3. The summed E-state index contributed by atoms with van der Waals surface area (Å²) in [6.45, 7) is 3.88. The van der Waals surface area contributed by atoms with Crippen molar-refractivity contribution in [3.63, 3.8) is 0 Å². The molecule has 1 heterocycles. The molecular formula is C25H28N2O. The van der Waals surface area contributed by atoms with E-state index in [1.807, 2.05) is 0 Å². The first kappa shape index (κ1) is 18.5. The Morgan fingerprint density at radius 3 is 2.61 bits per heavy atom. The Morgan fingerprint density at radius 1 is 0.857 bits per heavy atom. The third-order valence-electron chi connectivity index (χ3n) is 5.27. The molecule has 1 aromatic heterocycles. The van der Waals surface area contributed by atoms with Gasteiger partial charge >= 0.3 is 0 Å². The molecule has 0 fully saturated rings. The van der Waals surface area contributed by atoms with Gasteiger partial charge in [0.15, 0.2) is 0 Å². The monoisotopic (exact) mass is 372 g/mol. The van der Waals surface area contributed by atoms with Gasteiger partial charge in [-0.3, -0.25) is 0 Å². The highest BCUT2D eigenvalue weighted by molar-refractivity contribution is 5.88. The first-order chi connectivity index (χ1) is 13.9. The summed E-state index contributed by atoms with van der Waals surface area (Å²) in [6, 6.07) is 23.1. The van der Waals surface area contributed by atoms with E-state index in [2.05, 4.69) is 78.2 Å². The second-order valence-electron chi connectivity index (χ2n) is 7.30. The summed E-state index contributed by atoms with van der Waals surface area (Å²) in [6.07, 6.45) is 5.70. The molecule has 0 N–H and O–H groups in total. The van der Waals surface area contributed by atoms with Crippen molar-refractivity contribution in [3.8, 4) is 5.75 Å². The minimum atomic E-state index is 0.703. The van der Waals surface area contributed by atoms with Gasteiger partial charge in [-0.25, -0.2) is 4.98 Å². The van der Waals surface area contributed by atoms with Crippen molar-refractivity contribution >= 4 is 21.8 Å². The van der Waals surface area contributed by atoms with Crippen LogP contribution in [0.4, 0.5) is 0 Å². The van der Waals surface area contributed by atoms with Crippen LogP contribution in [-0.4, -0.2) is 16.2 Å². The van der Waals surface area contributed by atoms with Crippen molar-refractivity contribution in [1.29, 1.82) is 0 Å². The molecule has 144 valence electrons. The zero-order valence-corrected chi connectivity index (χ0v) is 16.6. The van der Waals surface area contributed by atoms with Crippen LogP contribution in [0.2, 0.25) is 0 Å². The fourth-order valence-corrected chi connectivity index (χ4v) is 3.83. The van der Waals surface area contributed by atoms with Crippen LogP contribution >= 0.6 is 0 Å². The molecule has 3 aromatic carbocycles. The molecule has 0 aliphatic heterocycles. The second kappa shape index (κ2) is 8.92. The van der Waals surface area contributed by atoms with Gasteiger partial charge in [0, 0.05) is 18.4 Å². The molecule has 4 rings (SSSR count). The van der Waals surface area contributed by atoms with Gasteiger partial charge in [0.25, 0.3) is 0 Å². The van der Waals surface area contributed by atoms with Crippen LogP contribution in [0.3, 0.4) is 0 Å². The van der Waals surface area contributed by atoms with E-state index in [9.17, 15) is 0 Å². The Kier molecular flexibility index (Phi) is 5.91. The molecule has 4 aromatic rings.